The Balaban J connectivity index is 1.97. The number of nitrogen functional groups attached to an aromatic ring is 2. The Hall–Kier alpha value is -2.94. The topological polar surface area (TPSA) is 138 Å². The Labute approximate surface area is 118 Å². The number of nitrogens with zero attached hydrogens (tertiary/aromatic N) is 4. The Bertz CT molecular complexity index is 820. The van der Waals surface area contributed by atoms with Gasteiger partial charge < -0.3 is 14.7 Å². The second-order valence-electron chi connectivity index (χ2n) is 4.47. The van der Waals surface area contributed by atoms with Gasteiger partial charge in [-0.3, -0.25) is 10.2 Å². The molecule has 0 aliphatic heterocycles. The maximum absolute atomic E-state index is 11.5. The fourth-order valence-corrected chi connectivity index (χ4v) is 2.06. The monoisotopic (exact) mass is 287 g/mol. The lowest BCUT2D eigenvalue weighted by Crippen LogP contribution is -2.29. The van der Waals surface area contributed by atoms with Gasteiger partial charge in [-0.1, -0.05) is 0 Å². The van der Waals surface area contributed by atoms with Crippen molar-refractivity contribution in [2.45, 2.75) is 13.5 Å². The summed E-state index contributed by atoms with van der Waals surface area (Å²) < 4.78 is 7.17. The maximum atomic E-state index is 11.5. The summed E-state index contributed by atoms with van der Waals surface area (Å²) in [5.41, 5.74) is 9.75. The van der Waals surface area contributed by atoms with Crippen LogP contribution >= 0.6 is 0 Å². The molecule has 0 aliphatic rings. The minimum atomic E-state index is -0.480. The van der Waals surface area contributed by atoms with Crippen molar-refractivity contribution in [3.05, 3.63) is 35.8 Å². The van der Waals surface area contributed by atoms with Crippen LogP contribution < -0.4 is 17.0 Å². The summed E-state index contributed by atoms with van der Waals surface area (Å²) in [6.45, 7) is 2.21. The number of anilines is 1. The van der Waals surface area contributed by atoms with Crippen molar-refractivity contribution < 1.29 is 9.21 Å². The lowest BCUT2D eigenvalue weighted by Gasteiger charge is -2.02. The van der Waals surface area contributed by atoms with E-state index in [0.717, 1.165) is 5.56 Å². The molecule has 0 aromatic carbocycles. The van der Waals surface area contributed by atoms with Gasteiger partial charge in [0.1, 0.15) is 17.6 Å². The summed E-state index contributed by atoms with van der Waals surface area (Å²) >= 11 is 0. The molecule has 108 valence electrons. The zero-order valence-corrected chi connectivity index (χ0v) is 11.2. The van der Waals surface area contributed by atoms with Gasteiger partial charge in [-0.05, 0) is 13.0 Å². The quantitative estimate of drug-likeness (QED) is 0.349. The number of amides is 1. The lowest BCUT2D eigenvalue weighted by molar-refractivity contribution is 0.0924. The van der Waals surface area contributed by atoms with E-state index in [1.54, 1.807) is 23.9 Å². The van der Waals surface area contributed by atoms with Crippen molar-refractivity contribution in [2.24, 2.45) is 5.84 Å². The highest BCUT2D eigenvalue weighted by molar-refractivity contribution is 5.91. The first kappa shape index (κ1) is 13.1. The molecule has 0 spiro atoms. The van der Waals surface area contributed by atoms with E-state index in [9.17, 15) is 4.79 Å². The molecule has 0 unspecified atom stereocenters. The minimum Gasteiger partial charge on any atom is -0.456 e. The molecule has 9 heteroatoms. The zero-order valence-electron chi connectivity index (χ0n) is 11.2. The van der Waals surface area contributed by atoms with E-state index in [0.29, 0.717) is 29.3 Å². The number of carbonyl (C=O) groups is 1. The molecule has 0 atom stereocenters. The predicted octanol–water partition coefficient (Wildman–Crippen LogP) is -0.0383. The number of hydrogen-bond donors (Lipinski definition) is 3. The predicted molar refractivity (Wildman–Crippen MR) is 73.9 cm³/mol. The van der Waals surface area contributed by atoms with Crippen molar-refractivity contribution in [1.82, 2.24) is 24.9 Å². The van der Waals surface area contributed by atoms with E-state index in [-0.39, 0.29) is 5.76 Å². The minimum absolute atomic E-state index is 0.156. The molecule has 0 bridgehead atoms. The summed E-state index contributed by atoms with van der Waals surface area (Å²) in [6.07, 6.45) is 3.00. The van der Waals surface area contributed by atoms with Gasteiger partial charge in [0, 0.05) is 5.56 Å². The summed E-state index contributed by atoms with van der Waals surface area (Å²) in [5.74, 6) is 5.71. The Morgan fingerprint density at radius 2 is 2.24 bits per heavy atom. The molecule has 3 aromatic rings. The highest BCUT2D eigenvalue weighted by Crippen LogP contribution is 2.19. The van der Waals surface area contributed by atoms with Crippen LogP contribution in [0, 0.1) is 6.92 Å². The summed E-state index contributed by atoms with van der Waals surface area (Å²) in [4.78, 5) is 23.7. The molecule has 0 fully saturated rings. The largest absolute Gasteiger partial charge is 0.456 e. The number of aromatic nitrogens is 4. The van der Waals surface area contributed by atoms with Crippen LogP contribution in [-0.4, -0.2) is 25.4 Å². The van der Waals surface area contributed by atoms with Crippen molar-refractivity contribution in [2.75, 3.05) is 5.73 Å². The van der Waals surface area contributed by atoms with Crippen LogP contribution in [0.25, 0.3) is 11.2 Å². The van der Waals surface area contributed by atoms with Gasteiger partial charge >= 0.3 is 5.91 Å². The fourth-order valence-electron chi connectivity index (χ4n) is 2.06. The van der Waals surface area contributed by atoms with Crippen LogP contribution in [0.2, 0.25) is 0 Å². The first-order chi connectivity index (χ1) is 10.1. The smallest absolute Gasteiger partial charge is 0.300 e. The Kier molecular flexibility index (Phi) is 3.03. The van der Waals surface area contributed by atoms with Gasteiger partial charge in [0.25, 0.3) is 0 Å². The molecular weight excluding hydrogens is 274 g/mol. The normalized spacial score (nSPS) is 11.0. The molecule has 3 rings (SSSR count). The zero-order chi connectivity index (χ0) is 15.0. The van der Waals surface area contributed by atoms with Crippen LogP contribution in [0.5, 0.6) is 0 Å². The Morgan fingerprint density at radius 1 is 1.43 bits per heavy atom. The van der Waals surface area contributed by atoms with Crippen molar-refractivity contribution >= 4 is 22.9 Å². The number of carbonyl (C=O) groups excluding carboxylic acids is 1. The van der Waals surface area contributed by atoms with E-state index < -0.39 is 5.91 Å². The third-order valence-corrected chi connectivity index (χ3v) is 3.15. The maximum Gasteiger partial charge on any atom is 0.300 e. The third kappa shape index (κ3) is 2.19. The number of imidazole rings is 1. The van der Waals surface area contributed by atoms with E-state index in [1.165, 1.54) is 6.33 Å². The average Bonchev–Trinajstić information content (AvgIpc) is 3.05. The summed E-state index contributed by atoms with van der Waals surface area (Å²) in [6, 6.07) is 1.63. The van der Waals surface area contributed by atoms with Gasteiger partial charge in [-0.25, -0.2) is 20.8 Å². The number of hydrazine groups is 1. The second kappa shape index (κ2) is 4.87. The van der Waals surface area contributed by atoms with Crippen LogP contribution in [0.4, 0.5) is 5.82 Å². The highest BCUT2D eigenvalue weighted by atomic mass is 16.4. The molecule has 1 amide bonds. The lowest BCUT2D eigenvalue weighted by atomic mass is 10.2. The molecule has 3 aromatic heterocycles. The van der Waals surface area contributed by atoms with Gasteiger partial charge in [0.05, 0.1) is 12.9 Å². The van der Waals surface area contributed by atoms with Crippen LogP contribution in [0.3, 0.4) is 0 Å². The number of nitrogens with two attached hydrogens (primary N) is 2. The molecule has 5 N–H and O–H groups in total. The molecule has 0 radical (unpaired) electrons. The fraction of sp³-hybridized carbons (Fsp3) is 0.167. The van der Waals surface area contributed by atoms with E-state index in [4.69, 9.17) is 16.0 Å². The van der Waals surface area contributed by atoms with Crippen LogP contribution in [-0.2, 0) is 6.54 Å². The van der Waals surface area contributed by atoms with Gasteiger partial charge in [0.15, 0.2) is 17.2 Å². The van der Waals surface area contributed by atoms with Gasteiger partial charge in [0.2, 0.25) is 0 Å². The third-order valence-electron chi connectivity index (χ3n) is 3.15. The first-order valence-corrected chi connectivity index (χ1v) is 6.11. The van der Waals surface area contributed by atoms with Crippen LogP contribution in [0.1, 0.15) is 21.9 Å². The molecule has 3 heterocycles. The number of rotatable bonds is 3. The SMILES string of the molecule is Cc1oc(C(=O)NN)cc1Cn1cnc2c(N)ncnc21. The Morgan fingerprint density at radius 3 is 3.00 bits per heavy atom. The van der Waals surface area contributed by atoms with Gasteiger partial charge in [-0.15, -0.1) is 0 Å². The number of fused-ring (bicyclic) bond motifs is 1. The van der Waals surface area contributed by atoms with Crippen molar-refractivity contribution in [3.63, 3.8) is 0 Å². The standard InChI is InChI=1S/C12H13N7O2/c1-6-7(2-8(21-6)12(20)18-14)3-19-5-17-9-10(13)15-4-16-11(9)19/h2,4-5H,3,14H2,1H3,(H,18,20)(H2,13,15,16). The van der Waals surface area contributed by atoms with E-state index >= 15 is 0 Å². The second-order valence-corrected chi connectivity index (χ2v) is 4.47. The van der Waals surface area contributed by atoms with Crippen LogP contribution in [0.15, 0.2) is 23.1 Å². The molecule has 0 saturated carbocycles. The summed E-state index contributed by atoms with van der Waals surface area (Å²) in [7, 11) is 0. The average molecular weight is 287 g/mol. The number of furan rings is 1. The molecule has 0 saturated heterocycles. The van der Waals surface area contributed by atoms with Crippen molar-refractivity contribution in [1.29, 1.82) is 0 Å². The van der Waals surface area contributed by atoms with E-state index in [1.807, 2.05) is 5.43 Å². The molecule has 0 aliphatic carbocycles. The number of nitrogens with one attached hydrogen (secondary N) is 1. The highest BCUT2D eigenvalue weighted by Gasteiger charge is 2.15. The first-order valence-electron chi connectivity index (χ1n) is 6.11. The number of aryl methyl sites for hydroxylation is 1. The van der Waals surface area contributed by atoms with Crippen molar-refractivity contribution in [3.8, 4) is 0 Å². The molecular formula is C12H13N7O2. The number of hydrogen-bond acceptors (Lipinski definition) is 7. The molecule has 21 heavy (non-hydrogen) atoms. The van der Waals surface area contributed by atoms with E-state index in [2.05, 4.69) is 15.0 Å². The molecule has 9 nitrogen and oxygen atoms in total. The van der Waals surface area contributed by atoms with Gasteiger partial charge in [-0.2, -0.15) is 0 Å². The summed E-state index contributed by atoms with van der Waals surface area (Å²) in [5, 5.41) is 0.